The van der Waals surface area contributed by atoms with Crippen molar-refractivity contribution >= 4 is 26.6 Å². The molecule has 164 valence electrons. The quantitative estimate of drug-likeness (QED) is 0.450. The number of amides is 1. The molecule has 1 aliphatic rings. The van der Waals surface area contributed by atoms with Crippen LogP contribution in [0.3, 0.4) is 0 Å². The molecular weight excluding hydrogens is 428 g/mol. The summed E-state index contributed by atoms with van der Waals surface area (Å²) in [5.74, 6) is 0.845. The first kappa shape index (κ1) is 20.5. The smallest absolute Gasteiger partial charge is 0.253 e. The Balaban J connectivity index is 1.31. The van der Waals surface area contributed by atoms with Crippen LogP contribution in [0.4, 0.5) is 0 Å². The van der Waals surface area contributed by atoms with Crippen LogP contribution in [0, 0.1) is 0 Å². The highest BCUT2D eigenvalue weighted by Gasteiger charge is 2.32. The van der Waals surface area contributed by atoms with Gasteiger partial charge >= 0.3 is 0 Å². The zero-order chi connectivity index (χ0) is 22.1. The number of piperidine rings is 1. The lowest BCUT2D eigenvalue weighted by Crippen LogP contribution is -2.42. The summed E-state index contributed by atoms with van der Waals surface area (Å²) in [5, 5.41) is 4.41. The molecule has 1 saturated heterocycles. The van der Waals surface area contributed by atoms with Gasteiger partial charge in [0.05, 0.1) is 16.9 Å². The second-order valence-electron chi connectivity index (χ2n) is 7.99. The fourth-order valence-corrected chi connectivity index (χ4v) is 5.91. The second-order valence-corrected chi connectivity index (χ2v) is 10.3. The van der Waals surface area contributed by atoms with E-state index in [1.165, 1.54) is 6.26 Å². The van der Waals surface area contributed by atoms with Crippen molar-refractivity contribution in [3.05, 3.63) is 78.3 Å². The van der Waals surface area contributed by atoms with E-state index in [0.29, 0.717) is 48.5 Å². The number of likely N-dealkylation sites (tertiary alicyclic amines) is 1. The Morgan fingerprint density at radius 2 is 1.81 bits per heavy atom. The van der Waals surface area contributed by atoms with Crippen LogP contribution in [0.15, 0.2) is 75.9 Å². The molecule has 0 aliphatic carbocycles. The van der Waals surface area contributed by atoms with E-state index < -0.39 is 15.1 Å². The second kappa shape index (κ2) is 8.27. The highest BCUT2D eigenvalue weighted by atomic mass is 32.2. The summed E-state index contributed by atoms with van der Waals surface area (Å²) < 4.78 is 36.1. The van der Waals surface area contributed by atoms with Gasteiger partial charge in [-0.25, -0.2) is 8.42 Å². The topological polar surface area (TPSA) is 93.6 Å². The van der Waals surface area contributed by atoms with Gasteiger partial charge in [-0.05, 0) is 43.2 Å². The Bertz CT molecular complexity index is 1340. The molecule has 4 aromatic rings. The molecule has 3 heterocycles. The van der Waals surface area contributed by atoms with Crippen molar-refractivity contribution in [3.8, 4) is 11.3 Å². The van der Waals surface area contributed by atoms with Crippen molar-refractivity contribution in [2.75, 3.05) is 13.1 Å². The first-order valence-electron chi connectivity index (χ1n) is 10.5. The Labute approximate surface area is 185 Å². The average Bonchev–Trinajstić information content (AvgIpc) is 3.48. The maximum absolute atomic E-state index is 13.1. The summed E-state index contributed by atoms with van der Waals surface area (Å²) in [7, 11) is -3.33. The number of nitrogens with zero attached hydrogens (tertiary/aromatic N) is 2. The predicted molar refractivity (Wildman–Crippen MR) is 120 cm³/mol. The van der Waals surface area contributed by atoms with E-state index in [1.807, 2.05) is 30.3 Å². The molecule has 2 aromatic carbocycles. The molecule has 0 radical (unpaired) electrons. The third-order valence-corrected chi connectivity index (χ3v) is 8.09. The molecule has 0 saturated carbocycles. The van der Waals surface area contributed by atoms with Gasteiger partial charge in [0.25, 0.3) is 5.91 Å². The van der Waals surface area contributed by atoms with Gasteiger partial charge in [0.1, 0.15) is 17.0 Å². The van der Waals surface area contributed by atoms with Crippen LogP contribution in [-0.2, 0) is 15.6 Å². The fourth-order valence-electron chi connectivity index (χ4n) is 4.18. The van der Waals surface area contributed by atoms with Gasteiger partial charge in [0, 0.05) is 24.2 Å². The number of rotatable bonds is 5. The SMILES string of the molecule is O=C(c1ccc2noc(-c3ccccc3)c2c1)N1CCC(S(=O)(=O)Cc2ccco2)CC1. The lowest BCUT2D eigenvalue weighted by molar-refractivity contribution is 0.0725. The Hall–Kier alpha value is -3.39. The van der Waals surface area contributed by atoms with E-state index in [9.17, 15) is 13.2 Å². The van der Waals surface area contributed by atoms with Crippen LogP contribution < -0.4 is 0 Å². The van der Waals surface area contributed by atoms with Crippen molar-refractivity contribution < 1.29 is 22.2 Å². The number of hydrogen-bond donors (Lipinski definition) is 0. The number of furan rings is 1. The standard InChI is InChI=1S/C24H22N2O5S/c27-24(26-12-10-20(11-13-26)32(28,29)16-19-7-4-14-30-19)18-8-9-22-21(15-18)23(31-25-22)17-5-2-1-3-6-17/h1-9,14-15,20H,10-13,16H2. The lowest BCUT2D eigenvalue weighted by Gasteiger charge is -2.31. The van der Waals surface area contributed by atoms with Crippen molar-refractivity contribution in [2.24, 2.45) is 0 Å². The molecule has 7 nitrogen and oxygen atoms in total. The summed E-state index contributed by atoms with van der Waals surface area (Å²) in [6, 6.07) is 18.3. The number of carbonyl (C=O) groups is 1. The van der Waals surface area contributed by atoms with E-state index >= 15 is 0 Å². The Morgan fingerprint density at radius 3 is 2.53 bits per heavy atom. The molecule has 0 bridgehead atoms. The first-order chi connectivity index (χ1) is 15.5. The molecule has 5 rings (SSSR count). The van der Waals surface area contributed by atoms with Crippen molar-refractivity contribution in [1.82, 2.24) is 10.1 Å². The molecule has 0 unspecified atom stereocenters. The summed E-state index contributed by atoms with van der Waals surface area (Å²) in [6.07, 6.45) is 2.31. The van der Waals surface area contributed by atoms with Gasteiger partial charge in [-0.1, -0.05) is 35.5 Å². The minimum Gasteiger partial charge on any atom is -0.468 e. The number of carbonyl (C=O) groups excluding carboxylic acids is 1. The Kier molecular flexibility index (Phi) is 5.30. The average molecular weight is 451 g/mol. The van der Waals surface area contributed by atoms with Gasteiger partial charge in [0.15, 0.2) is 15.6 Å². The van der Waals surface area contributed by atoms with Crippen LogP contribution in [0.25, 0.3) is 22.2 Å². The minimum absolute atomic E-state index is 0.106. The highest BCUT2D eigenvalue weighted by Crippen LogP contribution is 2.30. The molecular formula is C24H22N2O5S. The van der Waals surface area contributed by atoms with Gasteiger partial charge in [-0.15, -0.1) is 0 Å². The number of benzene rings is 2. The maximum Gasteiger partial charge on any atom is 0.253 e. The van der Waals surface area contributed by atoms with Crippen LogP contribution >= 0.6 is 0 Å². The predicted octanol–water partition coefficient (Wildman–Crippen LogP) is 4.31. The van der Waals surface area contributed by atoms with Gasteiger partial charge in [-0.3, -0.25) is 4.79 Å². The van der Waals surface area contributed by atoms with Crippen LogP contribution in [0.5, 0.6) is 0 Å². The molecule has 0 spiro atoms. The zero-order valence-corrected chi connectivity index (χ0v) is 18.1. The van der Waals surface area contributed by atoms with Crippen LogP contribution in [-0.4, -0.2) is 42.7 Å². The number of sulfone groups is 1. The minimum atomic E-state index is -3.33. The van der Waals surface area contributed by atoms with Crippen molar-refractivity contribution in [3.63, 3.8) is 0 Å². The molecule has 8 heteroatoms. The fraction of sp³-hybridized carbons (Fsp3) is 0.250. The first-order valence-corrected chi connectivity index (χ1v) is 12.2. The van der Waals surface area contributed by atoms with Crippen LogP contribution in [0.2, 0.25) is 0 Å². The molecule has 32 heavy (non-hydrogen) atoms. The van der Waals surface area contributed by atoms with E-state index in [2.05, 4.69) is 5.16 Å². The zero-order valence-electron chi connectivity index (χ0n) is 17.3. The van der Waals surface area contributed by atoms with Gasteiger partial charge in [0.2, 0.25) is 0 Å². The molecule has 1 amide bonds. The summed E-state index contributed by atoms with van der Waals surface area (Å²) >= 11 is 0. The third-order valence-electron chi connectivity index (χ3n) is 5.92. The van der Waals surface area contributed by atoms with E-state index in [4.69, 9.17) is 8.94 Å². The lowest BCUT2D eigenvalue weighted by atomic mass is 10.0. The molecule has 0 N–H and O–H groups in total. The summed E-state index contributed by atoms with van der Waals surface area (Å²) in [6.45, 7) is 0.794. The molecule has 2 aromatic heterocycles. The summed E-state index contributed by atoms with van der Waals surface area (Å²) in [5.41, 5.74) is 2.11. The third kappa shape index (κ3) is 3.93. The number of hydrogen-bond acceptors (Lipinski definition) is 6. The highest BCUT2D eigenvalue weighted by molar-refractivity contribution is 7.91. The molecule has 1 aliphatic heterocycles. The molecule has 1 fully saturated rings. The van der Waals surface area contributed by atoms with Gasteiger partial charge < -0.3 is 13.8 Å². The number of fused-ring (bicyclic) bond motifs is 1. The summed E-state index contributed by atoms with van der Waals surface area (Å²) in [4.78, 5) is 14.9. The molecule has 0 atom stereocenters. The van der Waals surface area contributed by atoms with E-state index in [-0.39, 0.29) is 11.7 Å². The van der Waals surface area contributed by atoms with E-state index in [1.54, 1.807) is 35.2 Å². The maximum atomic E-state index is 13.1. The van der Waals surface area contributed by atoms with E-state index in [0.717, 1.165) is 10.9 Å². The van der Waals surface area contributed by atoms with Gasteiger partial charge in [-0.2, -0.15) is 0 Å². The number of aromatic nitrogens is 1. The van der Waals surface area contributed by atoms with Crippen LogP contribution in [0.1, 0.15) is 29.0 Å². The Morgan fingerprint density at radius 1 is 1.03 bits per heavy atom. The largest absolute Gasteiger partial charge is 0.468 e. The van der Waals surface area contributed by atoms with Crippen molar-refractivity contribution in [1.29, 1.82) is 0 Å². The monoisotopic (exact) mass is 450 g/mol. The normalized spacial score (nSPS) is 15.3. The van der Waals surface area contributed by atoms with Crippen molar-refractivity contribution in [2.45, 2.75) is 23.8 Å².